The summed E-state index contributed by atoms with van der Waals surface area (Å²) >= 11 is 0. The molecule has 0 aromatic heterocycles. The highest BCUT2D eigenvalue weighted by atomic mass is 16.5. The van der Waals surface area contributed by atoms with Gasteiger partial charge in [-0.25, -0.2) is 0 Å². The van der Waals surface area contributed by atoms with Gasteiger partial charge in [0.1, 0.15) is 0 Å². The van der Waals surface area contributed by atoms with E-state index in [0.717, 1.165) is 44.1 Å². The average Bonchev–Trinajstić information content (AvgIpc) is 2.74. The number of nitrogens with zero attached hydrogens (tertiary/aromatic N) is 1. The Hall–Kier alpha value is -2.73. The molecule has 1 heterocycles. The van der Waals surface area contributed by atoms with Crippen molar-refractivity contribution in [3.8, 4) is 11.5 Å². The topological polar surface area (TPSA) is 60.0 Å². The fourth-order valence-corrected chi connectivity index (χ4v) is 3.14. The van der Waals surface area contributed by atoms with Crippen LogP contribution < -0.4 is 19.7 Å². The summed E-state index contributed by atoms with van der Waals surface area (Å²) in [6, 6.07) is 13.1. The van der Waals surface area contributed by atoms with Crippen LogP contribution in [0.1, 0.15) is 30.6 Å². The van der Waals surface area contributed by atoms with Crippen molar-refractivity contribution < 1.29 is 19.0 Å². The summed E-state index contributed by atoms with van der Waals surface area (Å²) in [7, 11) is 1.58. The Labute approximate surface area is 172 Å². The van der Waals surface area contributed by atoms with Gasteiger partial charge in [-0.2, -0.15) is 0 Å². The molecular weight excluding hydrogens is 368 g/mol. The third-order valence-corrected chi connectivity index (χ3v) is 4.86. The molecule has 1 aliphatic heterocycles. The molecule has 1 N–H and O–H groups in total. The van der Waals surface area contributed by atoms with Gasteiger partial charge in [-0.15, -0.1) is 0 Å². The number of benzene rings is 2. The van der Waals surface area contributed by atoms with Gasteiger partial charge < -0.3 is 24.4 Å². The monoisotopic (exact) mass is 398 g/mol. The summed E-state index contributed by atoms with van der Waals surface area (Å²) in [5.41, 5.74) is 2.36. The van der Waals surface area contributed by atoms with Crippen molar-refractivity contribution in [2.75, 3.05) is 50.2 Å². The number of hydrogen-bond donors (Lipinski definition) is 1. The smallest absolute Gasteiger partial charge is 0.255 e. The van der Waals surface area contributed by atoms with Crippen LogP contribution in [-0.2, 0) is 4.74 Å². The van der Waals surface area contributed by atoms with Crippen molar-refractivity contribution in [2.24, 2.45) is 5.92 Å². The molecule has 1 aliphatic rings. The van der Waals surface area contributed by atoms with E-state index in [2.05, 4.69) is 24.1 Å². The molecule has 0 atom stereocenters. The lowest BCUT2D eigenvalue weighted by Gasteiger charge is -2.29. The summed E-state index contributed by atoms with van der Waals surface area (Å²) in [6.07, 6.45) is 0.963. The average molecular weight is 399 g/mol. The maximum absolute atomic E-state index is 12.7. The van der Waals surface area contributed by atoms with E-state index < -0.39 is 0 Å². The standard InChI is InChI=1S/C23H30N2O4/c1-17(2)9-12-29-21-8-7-18(15-22(21)27-3)23(26)24-19-5-4-6-20(16-19)25-10-13-28-14-11-25/h4-8,15-17H,9-14H2,1-3H3,(H,24,26). The van der Waals surface area contributed by atoms with Gasteiger partial charge in [0.25, 0.3) is 5.91 Å². The predicted molar refractivity (Wildman–Crippen MR) is 115 cm³/mol. The molecule has 0 unspecified atom stereocenters. The van der Waals surface area contributed by atoms with E-state index in [1.54, 1.807) is 25.3 Å². The number of morpholine rings is 1. The van der Waals surface area contributed by atoms with Crippen molar-refractivity contribution in [3.63, 3.8) is 0 Å². The number of methoxy groups -OCH3 is 1. The van der Waals surface area contributed by atoms with Gasteiger partial charge in [0.05, 0.1) is 26.9 Å². The lowest BCUT2D eigenvalue weighted by molar-refractivity contribution is 0.102. The summed E-state index contributed by atoms with van der Waals surface area (Å²) in [6.45, 7) is 8.09. The van der Waals surface area contributed by atoms with E-state index in [0.29, 0.717) is 29.6 Å². The number of carbonyl (C=O) groups is 1. The molecule has 0 bridgehead atoms. The molecule has 0 aliphatic carbocycles. The third kappa shape index (κ3) is 5.87. The Bertz CT molecular complexity index is 816. The van der Waals surface area contributed by atoms with Gasteiger partial charge in [0.2, 0.25) is 0 Å². The Morgan fingerprint density at radius 1 is 1.14 bits per heavy atom. The molecule has 6 nitrogen and oxygen atoms in total. The maximum Gasteiger partial charge on any atom is 0.255 e. The Morgan fingerprint density at radius 3 is 2.66 bits per heavy atom. The second-order valence-corrected chi connectivity index (χ2v) is 7.50. The largest absolute Gasteiger partial charge is 0.493 e. The highest BCUT2D eigenvalue weighted by Crippen LogP contribution is 2.29. The van der Waals surface area contributed by atoms with E-state index in [1.807, 2.05) is 24.3 Å². The molecule has 1 amide bonds. The zero-order valence-electron chi connectivity index (χ0n) is 17.4. The highest BCUT2D eigenvalue weighted by Gasteiger charge is 2.14. The second kappa shape index (κ2) is 10.2. The molecule has 156 valence electrons. The van der Waals surface area contributed by atoms with Crippen LogP contribution in [0.2, 0.25) is 0 Å². The van der Waals surface area contributed by atoms with Gasteiger partial charge >= 0.3 is 0 Å². The van der Waals surface area contributed by atoms with Crippen LogP contribution in [0.4, 0.5) is 11.4 Å². The molecule has 0 spiro atoms. The number of hydrogen-bond acceptors (Lipinski definition) is 5. The van der Waals surface area contributed by atoms with Crippen LogP contribution in [-0.4, -0.2) is 45.9 Å². The molecule has 29 heavy (non-hydrogen) atoms. The molecule has 2 aromatic rings. The fourth-order valence-electron chi connectivity index (χ4n) is 3.14. The molecule has 1 fully saturated rings. The van der Waals surface area contributed by atoms with Crippen LogP contribution in [0.25, 0.3) is 0 Å². The van der Waals surface area contributed by atoms with Gasteiger partial charge in [0.15, 0.2) is 11.5 Å². The SMILES string of the molecule is COc1cc(C(=O)Nc2cccc(N3CCOCC3)c2)ccc1OCCC(C)C. The Morgan fingerprint density at radius 2 is 1.93 bits per heavy atom. The van der Waals surface area contributed by atoms with Crippen LogP contribution in [0.3, 0.4) is 0 Å². The number of ether oxygens (including phenoxy) is 3. The van der Waals surface area contributed by atoms with Crippen molar-refractivity contribution in [1.29, 1.82) is 0 Å². The van der Waals surface area contributed by atoms with E-state index >= 15 is 0 Å². The second-order valence-electron chi connectivity index (χ2n) is 7.50. The van der Waals surface area contributed by atoms with Crippen LogP contribution in [0.15, 0.2) is 42.5 Å². The van der Waals surface area contributed by atoms with Gasteiger partial charge in [-0.1, -0.05) is 19.9 Å². The van der Waals surface area contributed by atoms with Crippen molar-refractivity contribution >= 4 is 17.3 Å². The number of rotatable bonds is 8. The maximum atomic E-state index is 12.7. The first-order valence-electron chi connectivity index (χ1n) is 10.1. The minimum Gasteiger partial charge on any atom is -0.493 e. The van der Waals surface area contributed by atoms with Gasteiger partial charge in [0, 0.05) is 30.0 Å². The third-order valence-electron chi connectivity index (χ3n) is 4.86. The molecule has 0 radical (unpaired) electrons. The van der Waals surface area contributed by atoms with E-state index in [4.69, 9.17) is 14.2 Å². The van der Waals surface area contributed by atoms with E-state index in [1.165, 1.54) is 0 Å². The van der Waals surface area contributed by atoms with Crippen molar-refractivity contribution in [1.82, 2.24) is 0 Å². The number of nitrogens with one attached hydrogen (secondary N) is 1. The minimum absolute atomic E-state index is 0.184. The number of amides is 1. The molecular formula is C23H30N2O4. The summed E-state index contributed by atoms with van der Waals surface area (Å²) in [4.78, 5) is 15.0. The minimum atomic E-state index is -0.184. The lowest BCUT2D eigenvalue weighted by atomic mass is 10.1. The molecule has 2 aromatic carbocycles. The van der Waals surface area contributed by atoms with Gasteiger partial charge in [-0.05, 0) is 48.7 Å². The zero-order valence-corrected chi connectivity index (χ0v) is 17.4. The quantitative estimate of drug-likeness (QED) is 0.722. The Kier molecular flexibility index (Phi) is 7.36. The number of carbonyl (C=O) groups excluding carboxylic acids is 1. The molecule has 3 rings (SSSR count). The molecule has 1 saturated heterocycles. The highest BCUT2D eigenvalue weighted by molar-refractivity contribution is 6.04. The predicted octanol–water partition coefficient (Wildman–Crippen LogP) is 4.21. The van der Waals surface area contributed by atoms with Crippen LogP contribution >= 0.6 is 0 Å². The Balaban J connectivity index is 1.67. The first-order chi connectivity index (χ1) is 14.1. The van der Waals surface area contributed by atoms with Crippen LogP contribution in [0, 0.1) is 5.92 Å². The van der Waals surface area contributed by atoms with E-state index in [9.17, 15) is 4.79 Å². The number of anilines is 2. The molecule has 6 heteroatoms. The summed E-state index contributed by atoms with van der Waals surface area (Å²) < 4.78 is 16.6. The normalized spacial score (nSPS) is 14.0. The lowest BCUT2D eigenvalue weighted by Crippen LogP contribution is -2.36. The van der Waals surface area contributed by atoms with E-state index in [-0.39, 0.29) is 5.91 Å². The zero-order chi connectivity index (χ0) is 20.6. The first-order valence-corrected chi connectivity index (χ1v) is 10.1. The van der Waals surface area contributed by atoms with Crippen molar-refractivity contribution in [2.45, 2.75) is 20.3 Å². The molecule has 0 saturated carbocycles. The summed E-state index contributed by atoms with van der Waals surface area (Å²) in [5.74, 6) is 1.60. The summed E-state index contributed by atoms with van der Waals surface area (Å²) in [5, 5.41) is 2.97. The first kappa shape index (κ1) is 21.0. The van der Waals surface area contributed by atoms with Gasteiger partial charge in [-0.3, -0.25) is 4.79 Å². The van der Waals surface area contributed by atoms with Crippen LogP contribution in [0.5, 0.6) is 11.5 Å². The van der Waals surface area contributed by atoms with Crippen molar-refractivity contribution in [3.05, 3.63) is 48.0 Å². The fraction of sp³-hybridized carbons (Fsp3) is 0.435.